The Kier molecular flexibility index (Phi) is 3.85. The highest BCUT2D eigenvalue weighted by molar-refractivity contribution is 7.16. The van der Waals surface area contributed by atoms with Crippen LogP contribution in [0.25, 0.3) is 10.6 Å². The average molecular weight is 319 g/mol. The minimum Gasteiger partial charge on any atom is -0.360 e. The van der Waals surface area contributed by atoms with Crippen LogP contribution in [0.15, 0.2) is 27.4 Å². The number of aromatic nitrogens is 2. The molecule has 3 aromatic rings. The van der Waals surface area contributed by atoms with Gasteiger partial charge in [0.2, 0.25) is 0 Å². The predicted octanol–water partition coefficient (Wildman–Crippen LogP) is 3.98. The normalized spacial score (nSPS) is 10.8. The SMILES string of the molecule is CCc1onc(C)c1C(=O)Nc1nc(-c2cccs2)cs1. The molecule has 1 amide bonds. The van der Waals surface area contributed by atoms with E-state index in [-0.39, 0.29) is 5.91 Å². The Morgan fingerprint density at radius 2 is 2.29 bits per heavy atom. The quantitative estimate of drug-likeness (QED) is 0.789. The number of carbonyl (C=O) groups is 1. The van der Waals surface area contributed by atoms with Crippen LogP contribution < -0.4 is 5.32 Å². The summed E-state index contributed by atoms with van der Waals surface area (Å²) in [6, 6.07) is 3.98. The second-order valence-corrected chi connectivity index (χ2v) is 6.19. The van der Waals surface area contributed by atoms with Gasteiger partial charge in [-0.05, 0) is 18.4 Å². The first kappa shape index (κ1) is 14.0. The van der Waals surface area contributed by atoms with Crippen molar-refractivity contribution in [3.8, 4) is 10.6 Å². The topological polar surface area (TPSA) is 68.0 Å². The van der Waals surface area contributed by atoms with Crippen molar-refractivity contribution < 1.29 is 9.32 Å². The molecule has 7 heteroatoms. The lowest BCUT2D eigenvalue weighted by atomic mass is 10.1. The van der Waals surface area contributed by atoms with E-state index in [0.29, 0.717) is 28.6 Å². The zero-order valence-electron chi connectivity index (χ0n) is 11.5. The molecule has 0 radical (unpaired) electrons. The van der Waals surface area contributed by atoms with Gasteiger partial charge in [-0.25, -0.2) is 4.98 Å². The van der Waals surface area contributed by atoms with Crippen molar-refractivity contribution in [2.45, 2.75) is 20.3 Å². The molecule has 108 valence electrons. The summed E-state index contributed by atoms with van der Waals surface area (Å²) < 4.78 is 5.14. The fourth-order valence-corrected chi connectivity index (χ4v) is 3.44. The van der Waals surface area contributed by atoms with Crippen LogP contribution in [0.4, 0.5) is 5.13 Å². The lowest BCUT2D eigenvalue weighted by molar-refractivity contribution is 0.102. The predicted molar refractivity (Wildman–Crippen MR) is 84.0 cm³/mol. The van der Waals surface area contributed by atoms with Gasteiger partial charge in [0.25, 0.3) is 5.91 Å². The summed E-state index contributed by atoms with van der Waals surface area (Å²) in [6.07, 6.45) is 0.627. The van der Waals surface area contributed by atoms with Crippen LogP contribution in [0, 0.1) is 6.92 Å². The Morgan fingerprint density at radius 1 is 1.43 bits per heavy atom. The minimum atomic E-state index is -0.224. The van der Waals surface area contributed by atoms with Crippen LogP contribution in [0.1, 0.15) is 28.7 Å². The van der Waals surface area contributed by atoms with Crippen molar-refractivity contribution >= 4 is 33.7 Å². The number of thiazole rings is 1. The molecule has 0 aliphatic rings. The summed E-state index contributed by atoms with van der Waals surface area (Å²) in [5, 5.41) is 11.2. The van der Waals surface area contributed by atoms with E-state index >= 15 is 0 Å². The van der Waals surface area contributed by atoms with E-state index in [9.17, 15) is 4.79 Å². The molecule has 1 N–H and O–H groups in total. The molecule has 0 saturated heterocycles. The molecule has 0 spiro atoms. The van der Waals surface area contributed by atoms with Gasteiger partial charge in [-0.1, -0.05) is 18.1 Å². The number of thiophene rings is 1. The zero-order valence-corrected chi connectivity index (χ0v) is 13.2. The van der Waals surface area contributed by atoms with Gasteiger partial charge in [0.05, 0.1) is 16.3 Å². The molecule has 0 fully saturated rings. The Hall–Kier alpha value is -1.99. The van der Waals surface area contributed by atoms with Crippen molar-refractivity contribution in [1.29, 1.82) is 0 Å². The molecule has 5 nitrogen and oxygen atoms in total. The van der Waals surface area contributed by atoms with E-state index in [4.69, 9.17) is 4.52 Å². The lowest BCUT2D eigenvalue weighted by Gasteiger charge is -2.01. The lowest BCUT2D eigenvalue weighted by Crippen LogP contribution is -2.14. The second-order valence-electron chi connectivity index (χ2n) is 4.39. The number of aryl methyl sites for hydroxylation is 2. The number of carbonyl (C=O) groups excluding carboxylic acids is 1. The van der Waals surface area contributed by atoms with Crippen molar-refractivity contribution in [3.05, 3.63) is 39.9 Å². The monoisotopic (exact) mass is 319 g/mol. The fourth-order valence-electron chi connectivity index (χ4n) is 1.98. The van der Waals surface area contributed by atoms with Crippen LogP contribution in [0.2, 0.25) is 0 Å². The number of hydrogen-bond donors (Lipinski definition) is 1. The van der Waals surface area contributed by atoms with E-state index in [1.54, 1.807) is 18.3 Å². The summed E-state index contributed by atoms with van der Waals surface area (Å²) in [5.41, 5.74) is 1.98. The third-order valence-electron chi connectivity index (χ3n) is 2.98. The Morgan fingerprint density at radius 3 is 3.00 bits per heavy atom. The molecule has 3 rings (SSSR count). The molecular weight excluding hydrogens is 306 g/mol. The molecule has 0 bridgehead atoms. The van der Waals surface area contributed by atoms with Crippen molar-refractivity contribution in [2.24, 2.45) is 0 Å². The number of anilines is 1. The summed E-state index contributed by atoms with van der Waals surface area (Å²) in [5.74, 6) is 0.373. The van der Waals surface area contributed by atoms with E-state index < -0.39 is 0 Å². The largest absolute Gasteiger partial charge is 0.360 e. The highest BCUT2D eigenvalue weighted by Gasteiger charge is 2.20. The average Bonchev–Trinajstić information content (AvgIpc) is 3.17. The Bertz CT molecular complexity index is 759. The molecule has 3 heterocycles. The number of nitrogens with zero attached hydrogens (tertiary/aromatic N) is 2. The van der Waals surface area contributed by atoms with Crippen LogP contribution in [0.3, 0.4) is 0 Å². The highest BCUT2D eigenvalue weighted by atomic mass is 32.1. The van der Waals surface area contributed by atoms with Gasteiger partial charge < -0.3 is 4.52 Å². The minimum absolute atomic E-state index is 0.224. The van der Waals surface area contributed by atoms with Crippen molar-refractivity contribution in [1.82, 2.24) is 10.1 Å². The van der Waals surface area contributed by atoms with Gasteiger partial charge in [0.15, 0.2) is 5.13 Å². The van der Waals surface area contributed by atoms with E-state index in [1.165, 1.54) is 11.3 Å². The molecular formula is C14H13N3O2S2. The van der Waals surface area contributed by atoms with Crippen LogP contribution in [0.5, 0.6) is 0 Å². The van der Waals surface area contributed by atoms with Gasteiger partial charge in [-0.3, -0.25) is 10.1 Å². The molecule has 21 heavy (non-hydrogen) atoms. The second kappa shape index (κ2) is 5.79. The van der Waals surface area contributed by atoms with Gasteiger partial charge in [-0.2, -0.15) is 0 Å². The first-order valence-electron chi connectivity index (χ1n) is 6.45. The van der Waals surface area contributed by atoms with Gasteiger partial charge in [0.1, 0.15) is 11.3 Å². The van der Waals surface area contributed by atoms with E-state index in [1.807, 2.05) is 29.8 Å². The van der Waals surface area contributed by atoms with Crippen LogP contribution >= 0.6 is 22.7 Å². The Balaban J connectivity index is 1.80. The highest BCUT2D eigenvalue weighted by Crippen LogP contribution is 2.28. The van der Waals surface area contributed by atoms with Crippen LogP contribution in [-0.4, -0.2) is 16.0 Å². The Labute approximate surface area is 129 Å². The summed E-state index contributed by atoms with van der Waals surface area (Å²) in [7, 11) is 0. The molecule has 0 aromatic carbocycles. The van der Waals surface area contributed by atoms with E-state index in [0.717, 1.165) is 10.6 Å². The number of rotatable bonds is 4. The molecule has 0 atom stereocenters. The van der Waals surface area contributed by atoms with Crippen LogP contribution in [-0.2, 0) is 6.42 Å². The summed E-state index contributed by atoms with van der Waals surface area (Å²) >= 11 is 3.03. The van der Waals surface area contributed by atoms with Crippen molar-refractivity contribution in [2.75, 3.05) is 5.32 Å². The fraction of sp³-hybridized carbons (Fsp3) is 0.214. The number of amides is 1. The summed E-state index contributed by atoms with van der Waals surface area (Å²) in [4.78, 5) is 17.8. The molecule has 0 aliphatic carbocycles. The standard InChI is InChI=1S/C14H13N3O2S2/c1-3-10-12(8(2)17-19-10)13(18)16-14-15-9(7-21-14)11-5-4-6-20-11/h4-7H,3H2,1-2H3,(H,15,16,18). The third-order valence-corrected chi connectivity index (χ3v) is 4.63. The number of hydrogen-bond acceptors (Lipinski definition) is 6. The zero-order chi connectivity index (χ0) is 14.8. The maximum Gasteiger partial charge on any atom is 0.262 e. The molecule has 0 aliphatic heterocycles. The number of nitrogens with one attached hydrogen (secondary N) is 1. The molecule has 0 unspecified atom stereocenters. The van der Waals surface area contributed by atoms with Crippen molar-refractivity contribution in [3.63, 3.8) is 0 Å². The van der Waals surface area contributed by atoms with E-state index in [2.05, 4.69) is 15.5 Å². The van der Waals surface area contributed by atoms with Gasteiger partial charge in [-0.15, -0.1) is 22.7 Å². The summed E-state index contributed by atoms with van der Waals surface area (Å²) in [6.45, 7) is 3.69. The van der Waals surface area contributed by atoms with Gasteiger partial charge in [0, 0.05) is 11.8 Å². The maximum atomic E-state index is 12.3. The molecule has 0 saturated carbocycles. The third kappa shape index (κ3) is 2.74. The maximum absolute atomic E-state index is 12.3. The first-order valence-corrected chi connectivity index (χ1v) is 8.21. The molecule has 3 aromatic heterocycles. The first-order chi connectivity index (χ1) is 10.2. The smallest absolute Gasteiger partial charge is 0.262 e. The van der Waals surface area contributed by atoms with Gasteiger partial charge >= 0.3 is 0 Å².